The minimum absolute atomic E-state index is 0.184. The molecule has 1 amide bonds. The molecule has 1 heterocycles. The van der Waals surface area contributed by atoms with Crippen LogP contribution in [-0.4, -0.2) is 33.6 Å². The zero-order valence-electron chi connectivity index (χ0n) is 25.4. The van der Waals surface area contributed by atoms with Crippen LogP contribution in [0.25, 0.3) is 11.3 Å². The van der Waals surface area contributed by atoms with Gasteiger partial charge in [0.1, 0.15) is 23.1 Å². The van der Waals surface area contributed by atoms with Crippen molar-refractivity contribution in [3.8, 4) is 28.5 Å². The lowest BCUT2D eigenvalue weighted by Crippen LogP contribution is -2.32. The number of benzene rings is 4. The van der Waals surface area contributed by atoms with E-state index < -0.39 is 12.0 Å². The second-order valence-electron chi connectivity index (χ2n) is 10.7. The number of nitrogens with zero attached hydrogens (tertiary/aromatic N) is 2. The Morgan fingerprint density at radius 2 is 1.52 bits per heavy atom. The first-order chi connectivity index (χ1) is 22.2. The highest BCUT2D eigenvalue weighted by Crippen LogP contribution is 2.32. The van der Waals surface area contributed by atoms with Gasteiger partial charge in [0.15, 0.2) is 0 Å². The van der Waals surface area contributed by atoms with Gasteiger partial charge in [0, 0.05) is 28.9 Å². The van der Waals surface area contributed by atoms with Crippen LogP contribution in [0.5, 0.6) is 17.2 Å². The van der Waals surface area contributed by atoms with E-state index in [0.29, 0.717) is 57.3 Å². The molecule has 5 aromatic rings. The average molecular weight is 659 g/mol. The quantitative estimate of drug-likeness (QED) is 0.131. The zero-order valence-corrected chi connectivity index (χ0v) is 26.9. The molecule has 0 saturated carbocycles. The third-order valence-electron chi connectivity index (χ3n) is 7.44. The van der Waals surface area contributed by atoms with E-state index in [2.05, 4.69) is 16.8 Å². The summed E-state index contributed by atoms with van der Waals surface area (Å²) in [6.07, 6.45) is 4.33. The van der Waals surface area contributed by atoms with Gasteiger partial charge in [0.25, 0.3) is 5.91 Å². The van der Waals surface area contributed by atoms with Crippen LogP contribution in [0.15, 0.2) is 97.2 Å². The first kappa shape index (κ1) is 32.6. The number of ether oxygens (including phenoxy) is 2. The smallest absolute Gasteiger partial charge is 0.335 e. The number of nitrogens with one attached hydrogen (secondary N) is 1. The molecule has 2 N–H and O–H groups in total. The molecule has 46 heavy (non-hydrogen) atoms. The van der Waals surface area contributed by atoms with E-state index in [1.807, 2.05) is 36.5 Å². The summed E-state index contributed by atoms with van der Waals surface area (Å²) in [5.74, 6) is 1.24. The number of aromatic nitrogens is 2. The summed E-state index contributed by atoms with van der Waals surface area (Å²) in [6.45, 7) is 2.84. The molecule has 0 spiro atoms. The van der Waals surface area contributed by atoms with Crippen molar-refractivity contribution in [2.45, 2.75) is 38.8 Å². The number of hydrogen-bond donors (Lipinski definition) is 2. The minimum Gasteiger partial charge on any atom is -0.497 e. The lowest BCUT2D eigenvalue weighted by molar-refractivity contribution is 0.0696. The number of hydrogen-bond acceptors (Lipinski definition) is 5. The SMILES string of the molecule is CCCCn1cc(-c2ccc(Cl)cc2Cl)nc1[C@H](Cc1ccc(Oc2ccc(C(=O)O)cc2)cc1)NC(=O)c1ccc(OC)cc1. The molecule has 0 bridgehead atoms. The molecule has 1 aromatic heterocycles. The Kier molecular flexibility index (Phi) is 10.6. The van der Waals surface area contributed by atoms with E-state index >= 15 is 0 Å². The maximum atomic E-state index is 13.6. The van der Waals surface area contributed by atoms with Gasteiger partial charge in [-0.25, -0.2) is 9.78 Å². The number of carboxylic acid groups (broad SMARTS) is 1. The number of halogens is 2. The Balaban J connectivity index is 1.45. The van der Waals surface area contributed by atoms with Gasteiger partial charge in [-0.05, 0) is 97.3 Å². The standard InChI is InChI=1S/C36H33Cl2N3O5/c1-3-4-19-41-22-33(30-18-11-26(37)21-31(30)38)39-34(41)32(40-35(42)24-7-14-27(45-2)15-8-24)20-23-5-12-28(13-6-23)46-29-16-9-25(10-17-29)36(43)44/h5-18,21-22,32H,3-4,19-20H2,1-2H3,(H,40,42)(H,43,44)/t32-/m0/s1. The Morgan fingerprint density at radius 1 is 0.891 bits per heavy atom. The molecule has 0 saturated heterocycles. The Bertz CT molecular complexity index is 1800. The number of amides is 1. The predicted molar refractivity (Wildman–Crippen MR) is 179 cm³/mol. The maximum Gasteiger partial charge on any atom is 0.335 e. The van der Waals surface area contributed by atoms with Crippen LogP contribution in [0.4, 0.5) is 0 Å². The highest BCUT2D eigenvalue weighted by atomic mass is 35.5. The number of carboxylic acids is 1. The molecule has 236 valence electrons. The number of carbonyl (C=O) groups is 2. The summed E-state index contributed by atoms with van der Waals surface area (Å²) in [4.78, 5) is 29.7. The third-order valence-corrected chi connectivity index (χ3v) is 7.98. The summed E-state index contributed by atoms with van der Waals surface area (Å²) >= 11 is 12.7. The Hall–Kier alpha value is -4.79. The first-order valence-corrected chi connectivity index (χ1v) is 15.6. The Labute approximate surface area is 277 Å². The fourth-order valence-electron chi connectivity index (χ4n) is 4.96. The number of imidazole rings is 1. The van der Waals surface area contributed by atoms with Crippen molar-refractivity contribution in [2.75, 3.05) is 7.11 Å². The fraction of sp³-hybridized carbons (Fsp3) is 0.194. The van der Waals surface area contributed by atoms with Crippen LogP contribution in [0.2, 0.25) is 10.0 Å². The monoisotopic (exact) mass is 657 g/mol. The highest BCUT2D eigenvalue weighted by Gasteiger charge is 2.24. The number of rotatable bonds is 13. The molecule has 0 aliphatic carbocycles. The molecular formula is C36H33Cl2N3O5. The van der Waals surface area contributed by atoms with Crippen molar-refractivity contribution < 1.29 is 24.2 Å². The van der Waals surface area contributed by atoms with Gasteiger partial charge in [-0.1, -0.05) is 48.7 Å². The number of unbranched alkanes of at least 4 members (excludes halogenated alkanes) is 1. The lowest BCUT2D eigenvalue weighted by atomic mass is 10.0. The van der Waals surface area contributed by atoms with Crippen LogP contribution in [0, 0.1) is 0 Å². The van der Waals surface area contributed by atoms with Gasteiger partial charge in [-0.15, -0.1) is 0 Å². The van der Waals surface area contributed by atoms with E-state index in [-0.39, 0.29) is 11.5 Å². The van der Waals surface area contributed by atoms with Gasteiger partial charge in [0.2, 0.25) is 0 Å². The fourth-order valence-corrected chi connectivity index (χ4v) is 5.47. The van der Waals surface area contributed by atoms with E-state index in [9.17, 15) is 9.59 Å². The summed E-state index contributed by atoms with van der Waals surface area (Å²) in [5, 5.41) is 13.4. The van der Waals surface area contributed by atoms with Crippen molar-refractivity contribution in [1.82, 2.24) is 14.9 Å². The topological polar surface area (TPSA) is 103 Å². The average Bonchev–Trinajstić information content (AvgIpc) is 3.48. The molecule has 10 heteroatoms. The maximum absolute atomic E-state index is 13.6. The van der Waals surface area contributed by atoms with Gasteiger partial charge in [-0.3, -0.25) is 4.79 Å². The van der Waals surface area contributed by atoms with Crippen LogP contribution >= 0.6 is 23.2 Å². The normalized spacial score (nSPS) is 11.6. The van der Waals surface area contributed by atoms with Crippen molar-refractivity contribution in [1.29, 1.82) is 0 Å². The highest BCUT2D eigenvalue weighted by molar-refractivity contribution is 6.36. The summed E-state index contributed by atoms with van der Waals surface area (Å²) in [7, 11) is 1.58. The second kappa shape index (κ2) is 15.0. The number of methoxy groups -OCH3 is 1. The van der Waals surface area contributed by atoms with Crippen molar-refractivity contribution in [3.05, 3.63) is 130 Å². The van der Waals surface area contributed by atoms with Crippen LogP contribution in [0.1, 0.15) is 57.9 Å². The van der Waals surface area contributed by atoms with Crippen molar-refractivity contribution in [3.63, 3.8) is 0 Å². The second-order valence-corrected chi connectivity index (χ2v) is 11.5. The molecule has 1 atom stereocenters. The third kappa shape index (κ3) is 8.07. The van der Waals surface area contributed by atoms with E-state index in [1.165, 1.54) is 12.1 Å². The Morgan fingerprint density at radius 3 is 2.13 bits per heavy atom. The van der Waals surface area contributed by atoms with Crippen LogP contribution in [0.3, 0.4) is 0 Å². The molecule has 0 aliphatic heterocycles. The molecular weight excluding hydrogens is 625 g/mol. The van der Waals surface area contributed by atoms with Crippen LogP contribution < -0.4 is 14.8 Å². The number of aromatic carboxylic acids is 1. The van der Waals surface area contributed by atoms with Crippen LogP contribution in [-0.2, 0) is 13.0 Å². The molecule has 4 aromatic carbocycles. The van der Waals surface area contributed by atoms with Gasteiger partial charge < -0.3 is 24.5 Å². The predicted octanol–water partition coefficient (Wildman–Crippen LogP) is 8.87. The minimum atomic E-state index is -0.997. The summed E-state index contributed by atoms with van der Waals surface area (Å²) in [5.41, 5.74) is 3.07. The molecule has 8 nitrogen and oxygen atoms in total. The number of carbonyl (C=O) groups excluding carboxylic acids is 1. The first-order valence-electron chi connectivity index (χ1n) is 14.8. The molecule has 0 radical (unpaired) electrons. The molecule has 5 rings (SSSR count). The van der Waals surface area contributed by atoms with E-state index in [1.54, 1.807) is 55.6 Å². The molecule has 0 unspecified atom stereocenters. The van der Waals surface area contributed by atoms with E-state index in [4.69, 9.17) is 42.8 Å². The molecule has 0 fully saturated rings. The van der Waals surface area contributed by atoms with Crippen molar-refractivity contribution in [2.24, 2.45) is 0 Å². The van der Waals surface area contributed by atoms with E-state index in [0.717, 1.165) is 24.0 Å². The zero-order chi connectivity index (χ0) is 32.6. The summed E-state index contributed by atoms with van der Waals surface area (Å²) < 4.78 is 13.3. The van der Waals surface area contributed by atoms with Gasteiger partial charge in [0.05, 0.1) is 29.4 Å². The van der Waals surface area contributed by atoms with Gasteiger partial charge >= 0.3 is 5.97 Å². The number of aryl methyl sites for hydroxylation is 1. The largest absolute Gasteiger partial charge is 0.497 e. The lowest BCUT2D eigenvalue weighted by Gasteiger charge is -2.20. The van der Waals surface area contributed by atoms with Crippen molar-refractivity contribution >= 4 is 35.1 Å². The van der Waals surface area contributed by atoms with Gasteiger partial charge in [-0.2, -0.15) is 0 Å². The molecule has 0 aliphatic rings. The summed E-state index contributed by atoms with van der Waals surface area (Å²) in [6, 6.07) is 25.5.